The van der Waals surface area contributed by atoms with Crippen molar-refractivity contribution in [2.75, 3.05) is 6.54 Å². The number of rotatable bonds is 4. The molecule has 80 valence electrons. The lowest BCUT2D eigenvalue weighted by Gasteiger charge is -2.23. The minimum absolute atomic E-state index is 0.367. The van der Waals surface area contributed by atoms with E-state index >= 15 is 0 Å². The Morgan fingerprint density at radius 3 is 2.80 bits per heavy atom. The van der Waals surface area contributed by atoms with Crippen molar-refractivity contribution in [2.45, 2.75) is 33.4 Å². The molecule has 0 saturated carbocycles. The molecule has 0 atom stereocenters. The van der Waals surface area contributed by atoms with E-state index in [1.54, 1.807) is 6.20 Å². The van der Waals surface area contributed by atoms with Gasteiger partial charge in [0, 0.05) is 18.8 Å². The molecule has 0 aliphatic rings. The molecule has 0 unspecified atom stereocenters. The summed E-state index contributed by atoms with van der Waals surface area (Å²) in [6.07, 6.45) is 1.80. The van der Waals surface area contributed by atoms with Crippen LogP contribution in [0, 0.1) is 18.3 Å². The number of nitriles is 1. The quantitative estimate of drug-likeness (QED) is 0.704. The number of hydrogen-bond donors (Lipinski definition) is 0. The standard InChI is InChI=1S/C12H17N3/c1-10(2)15(8-6-13)9-12-11(3)5-4-7-14-12/h4-5,7,10H,8-9H2,1-3H3. The minimum atomic E-state index is 0.367. The second-order valence-corrected chi connectivity index (χ2v) is 3.92. The van der Waals surface area contributed by atoms with Crippen LogP contribution in [-0.2, 0) is 6.54 Å². The average molecular weight is 203 g/mol. The molecule has 0 aliphatic heterocycles. The lowest BCUT2D eigenvalue weighted by Crippen LogP contribution is -2.31. The third-order valence-electron chi connectivity index (χ3n) is 2.47. The topological polar surface area (TPSA) is 39.9 Å². The first-order valence-corrected chi connectivity index (χ1v) is 5.16. The lowest BCUT2D eigenvalue weighted by atomic mass is 10.2. The monoisotopic (exact) mass is 203 g/mol. The first-order valence-electron chi connectivity index (χ1n) is 5.16. The van der Waals surface area contributed by atoms with Crippen LogP contribution in [0.3, 0.4) is 0 Å². The summed E-state index contributed by atoms with van der Waals surface area (Å²) in [6, 6.07) is 6.54. The van der Waals surface area contributed by atoms with Crippen molar-refractivity contribution in [1.82, 2.24) is 9.88 Å². The third-order valence-corrected chi connectivity index (χ3v) is 2.47. The molecular formula is C12H17N3. The first kappa shape index (κ1) is 11.7. The molecule has 0 N–H and O–H groups in total. The van der Waals surface area contributed by atoms with Gasteiger partial charge in [-0.05, 0) is 32.4 Å². The summed E-state index contributed by atoms with van der Waals surface area (Å²) in [5, 5.41) is 8.72. The van der Waals surface area contributed by atoms with Gasteiger partial charge in [0.15, 0.2) is 0 Å². The van der Waals surface area contributed by atoms with E-state index in [2.05, 4.69) is 29.8 Å². The molecule has 3 heteroatoms. The number of aromatic nitrogens is 1. The Morgan fingerprint density at radius 1 is 1.53 bits per heavy atom. The maximum absolute atomic E-state index is 8.72. The molecule has 0 saturated heterocycles. The summed E-state index contributed by atoms with van der Waals surface area (Å²) in [5.74, 6) is 0. The first-order chi connectivity index (χ1) is 7.15. The van der Waals surface area contributed by atoms with E-state index in [4.69, 9.17) is 5.26 Å². The van der Waals surface area contributed by atoms with Crippen molar-refractivity contribution in [2.24, 2.45) is 0 Å². The Bertz CT molecular complexity index is 352. The van der Waals surface area contributed by atoms with Gasteiger partial charge in [-0.3, -0.25) is 9.88 Å². The highest BCUT2D eigenvalue weighted by atomic mass is 15.1. The highest BCUT2D eigenvalue weighted by molar-refractivity contribution is 5.17. The Labute approximate surface area is 91.4 Å². The molecule has 0 amide bonds. The second kappa shape index (κ2) is 5.47. The van der Waals surface area contributed by atoms with Crippen molar-refractivity contribution >= 4 is 0 Å². The fraction of sp³-hybridized carbons (Fsp3) is 0.500. The van der Waals surface area contributed by atoms with E-state index in [9.17, 15) is 0 Å². The Hall–Kier alpha value is -1.40. The molecule has 1 rings (SSSR count). The van der Waals surface area contributed by atoms with Crippen molar-refractivity contribution in [3.05, 3.63) is 29.6 Å². The van der Waals surface area contributed by atoms with Crippen molar-refractivity contribution in [3.63, 3.8) is 0 Å². The van der Waals surface area contributed by atoms with Crippen LogP contribution >= 0.6 is 0 Å². The predicted molar refractivity (Wildman–Crippen MR) is 60.1 cm³/mol. The molecule has 0 spiro atoms. The van der Waals surface area contributed by atoms with E-state index in [0.717, 1.165) is 12.2 Å². The number of hydrogen-bond acceptors (Lipinski definition) is 3. The molecular weight excluding hydrogens is 186 g/mol. The molecule has 0 fully saturated rings. The fourth-order valence-electron chi connectivity index (χ4n) is 1.39. The van der Waals surface area contributed by atoms with Crippen LogP contribution in [0.15, 0.2) is 18.3 Å². The molecule has 1 heterocycles. The average Bonchev–Trinajstić information content (AvgIpc) is 2.20. The molecule has 0 aliphatic carbocycles. The normalized spacial score (nSPS) is 10.7. The van der Waals surface area contributed by atoms with Gasteiger partial charge in [0.05, 0.1) is 18.3 Å². The minimum Gasteiger partial charge on any atom is -0.282 e. The summed E-state index contributed by atoms with van der Waals surface area (Å²) in [4.78, 5) is 6.44. The van der Waals surface area contributed by atoms with E-state index in [1.165, 1.54) is 5.56 Å². The van der Waals surface area contributed by atoms with Gasteiger partial charge in [-0.25, -0.2) is 0 Å². The third kappa shape index (κ3) is 3.34. The smallest absolute Gasteiger partial charge is 0.0871 e. The maximum atomic E-state index is 8.72. The lowest BCUT2D eigenvalue weighted by molar-refractivity contribution is 0.237. The van der Waals surface area contributed by atoms with Crippen molar-refractivity contribution in [1.29, 1.82) is 5.26 Å². The van der Waals surface area contributed by atoms with Gasteiger partial charge >= 0.3 is 0 Å². The van der Waals surface area contributed by atoms with E-state index < -0.39 is 0 Å². The SMILES string of the molecule is Cc1cccnc1CN(CC#N)C(C)C. The molecule has 1 aromatic rings. The zero-order valence-corrected chi connectivity index (χ0v) is 9.57. The van der Waals surface area contributed by atoms with Crippen LogP contribution < -0.4 is 0 Å². The summed E-state index contributed by atoms with van der Waals surface area (Å²) < 4.78 is 0. The highest BCUT2D eigenvalue weighted by Crippen LogP contribution is 2.09. The van der Waals surface area contributed by atoms with Crippen LogP contribution in [-0.4, -0.2) is 22.5 Å². The molecule has 0 bridgehead atoms. The maximum Gasteiger partial charge on any atom is 0.0871 e. The summed E-state index contributed by atoms with van der Waals surface area (Å²) >= 11 is 0. The van der Waals surface area contributed by atoms with Crippen LogP contribution in [0.25, 0.3) is 0 Å². The summed E-state index contributed by atoms with van der Waals surface area (Å²) in [6.45, 7) is 7.43. The van der Waals surface area contributed by atoms with Gasteiger partial charge in [0.1, 0.15) is 0 Å². The van der Waals surface area contributed by atoms with E-state index in [0.29, 0.717) is 12.6 Å². The van der Waals surface area contributed by atoms with Crippen LogP contribution in [0.1, 0.15) is 25.1 Å². The fourth-order valence-corrected chi connectivity index (χ4v) is 1.39. The van der Waals surface area contributed by atoms with Crippen LogP contribution in [0.4, 0.5) is 0 Å². The summed E-state index contributed by atoms with van der Waals surface area (Å²) in [5.41, 5.74) is 2.24. The predicted octanol–water partition coefficient (Wildman–Crippen LogP) is 2.12. The molecule has 0 radical (unpaired) electrons. The number of nitrogens with zero attached hydrogens (tertiary/aromatic N) is 3. The second-order valence-electron chi connectivity index (χ2n) is 3.92. The zero-order valence-electron chi connectivity index (χ0n) is 9.57. The largest absolute Gasteiger partial charge is 0.282 e. The van der Waals surface area contributed by atoms with Gasteiger partial charge in [-0.15, -0.1) is 0 Å². The van der Waals surface area contributed by atoms with Crippen molar-refractivity contribution in [3.8, 4) is 6.07 Å². The van der Waals surface area contributed by atoms with E-state index in [1.807, 2.05) is 19.1 Å². The van der Waals surface area contributed by atoms with Gasteiger partial charge in [-0.1, -0.05) is 6.07 Å². The Morgan fingerprint density at radius 2 is 2.27 bits per heavy atom. The van der Waals surface area contributed by atoms with Crippen LogP contribution in [0.2, 0.25) is 0 Å². The highest BCUT2D eigenvalue weighted by Gasteiger charge is 2.11. The van der Waals surface area contributed by atoms with Gasteiger partial charge < -0.3 is 0 Å². The van der Waals surface area contributed by atoms with E-state index in [-0.39, 0.29) is 0 Å². The molecule has 15 heavy (non-hydrogen) atoms. The van der Waals surface area contributed by atoms with Gasteiger partial charge in [0.25, 0.3) is 0 Å². The molecule has 0 aromatic carbocycles. The van der Waals surface area contributed by atoms with Gasteiger partial charge in [-0.2, -0.15) is 5.26 Å². The Balaban J connectivity index is 2.75. The summed E-state index contributed by atoms with van der Waals surface area (Å²) in [7, 11) is 0. The number of pyridine rings is 1. The zero-order chi connectivity index (χ0) is 11.3. The van der Waals surface area contributed by atoms with Gasteiger partial charge in [0.2, 0.25) is 0 Å². The van der Waals surface area contributed by atoms with Crippen LogP contribution in [0.5, 0.6) is 0 Å². The number of aryl methyl sites for hydroxylation is 1. The Kier molecular flexibility index (Phi) is 4.26. The van der Waals surface area contributed by atoms with Crippen molar-refractivity contribution < 1.29 is 0 Å². The molecule has 1 aromatic heterocycles. The molecule has 3 nitrogen and oxygen atoms in total.